The molecule has 1 fully saturated rings. The van der Waals surface area contributed by atoms with E-state index in [4.69, 9.17) is 4.52 Å². The maximum Gasteiger partial charge on any atom is 0.229 e. The summed E-state index contributed by atoms with van der Waals surface area (Å²) < 4.78 is 5.11. The van der Waals surface area contributed by atoms with Gasteiger partial charge in [-0.25, -0.2) is 0 Å². The summed E-state index contributed by atoms with van der Waals surface area (Å²) in [6, 6.07) is 0. The van der Waals surface area contributed by atoms with E-state index >= 15 is 0 Å². The van der Waals surface area contributed by atoms with E-state index in [2.05, 4.69) is 10.1 Å². The predicted octanol–water partition coefficient (Wildman–Crippen LogP) is 1.90. The van der Waals surface area contributed by atoms with Crippen LogP contribution in [0.3, 0.4) is 0 Å². The van der Waals surface area contributed by atoms with Crippen molar-refractivity contribution in [3.8, 4) is 0 Å². The van der Waals surface area contributed by atoms with Crippen LogP contribution in [-0.4, -0.2) is 21.4 Å². The van der Waals surface area contributed by atoms with Crippen LogP contribution in [0.15, 0.2) is 4.52 Å². The van der Waals surface area contributed by atoms with E-state index in [1.54, 1.807) is 0 Å². The number of aromatic nitrogens is 2. The SMILES string of the molecule is CC(C)(C)C(O)Cc1nc(C2CC2)no1. The number of nitrogens with zero attached hydrogens (tertiary/aromatic N) is 2. The first kappa shape index (κ1) is 10.6. The van der Waals surface area contributed by atoms with E-state index in [0.717, 1.165) is 5.82 Å². The molecule has 2 rings (SSSR count). The summed E-state index contributed by atoms with van der Waals surface area (Å²) in [4.78, 5) is 4.29. The molecule has 15 heavy (non-hydrogen) atoms. The molecular formula is C11H18N2O2. The van der Waals surface area contributed by atoms with E-state index in [1.807, 2.05) is 20.8 Å². The molecule has 1 saturated carbocycles. The Hall–Kier alpha value is -0.900. The molecular weight excluding hydrogens is 192 g/mol. The first-order valence-corrected chi connectivity index (χ1v) is 5.47. The highest BCUT2D eigenvalue weighted by molar-refractivity contribution is 5.03. The minimum atomic E-state index is -0.440. The number of hydrogen-bond acceptors (Lipinski definition) is 4. The van der Waals surface area contributed by atoms with Gasteiger partial charge in [0.2, 0.25) is 5.89 Å². The molecule has 1 unspecified atom stereocenters. The largest absolute Gasteiger partial charge is 0.392 e. The molecule has 1 aliphatic rings. The van der Waals surface area contributed by atoms with Crippen LogP contribution in [0, 0.1) is 5.41 Å². The monoisotopic (exact) mass is 210 g/mol. The molecule has 0 spiro atoms. The maximum atomic E-state index is 9.87. The lowest BCUT2D eigenvalue weighted by molar-refractivity contribution is 0.0565. The van der Waals surface area contributed by atoms with Crippen molar-refractivity contribution in [2.45, 2.75) is 52.1 Å². The Morgan fingerprint density at radius 1 is 1.47 bits per heavy atom. The van der Waals surface area contributed by atoms with Crippen LogP contribution in [0.25, 0.3) is 0 Å². The van der Waals surface area contributed by atoms with Crippen molar-refractivity contribution in [2.24, 2.45) is 5.41 Å². The first-order chi connectivity index (χ1) is 6.97. The number of aliphatic hydroxyl groups is 1. The molecule has 0 radical (unpaired) electrons. The summed E-state index contributed by atoms with van der Waals surface area (Å²) in [7, 11) is 0. The second-order valence-electron chi connectivity index (χ2n) is 5.41. The normalized spacial score (nSPS) is 19.2. The van der Waals surface area contributed by atoms with Crippen molar-refractivity contribution < 1.29 is 9.63 Å². The molecule has 0 bridgehead atoms. The maximum absolute atomic E-state index is 9.87. The van der Waals surface area contributed by atoms with Gasteiger partial charge in [0.1, 0.15) is 0 Å². The van der Waals surface area contributed by atoms with Crippen molar-refractivity contribution in [3.63, 3.8) is 0 Å². The van der Waals surface area contributed by atoms with Crippen LogP contribution in [0.5, 0.6) is 0 Å². The van der Waals surface area contributed by atoms with Gasteiger partial charge >= 0.3 is 0 Å². The molecule has 0 saturated heterocycles. The van der Waals surface area contributed by atoms with Gasteiger partial charge in [-0.05, 0) is 18.3 Å². The van der Waals surface area contributed by atoms with Gasteiger partial charge in [-0.2, -0.15) is 4.98 Å². The van der Waals surface area contributed by atoms with Gasteiger partial charge in [0.25, 0.3) is 0 Å². The fraction of sp³-hybridized carbons (Fsp3) is 0.818. The van der Waals surface area contributed by atoms with Crippen LogP contribution in [-0.2, 0) is 6.42 Å². The van der Waals surface area contributed by atoms with E-state index in [0.29, 0.717) is 18.2 Å². The average molecular weight is 210 g/mol. The van der Waals surface area contributed by atoms with Gasteiger partial charge in [0.05, 0.1) is 12.5 Å². The van der Waals surface area contributed by atoms with E-state index in [-0.39, 0.29) is 5.41 Å². The summed E-state index contributed by atoms with van der Waals surface area (Å²) >= 11 is 0. The Balaban J connectivity index is 1.98. The molecule has 1 aliphatic carbocycles. The van der Waals surface area contributed by atoms with E-state index in [9.17, 15) is 5.11 Å². The Bertz CT molecular complexity index is 337. The number of aliphatic hydroxyl groups excluding tert-OH is 1. The quantitative estimate of drug-likeness (QED) is 0.827. The van der Waals surface area contributed by atoms with Crippen molar-refractivity contribution in [1.82, 2.24) is 10.1 Å². The third kappa shape index (κ3) is 2.56. The Morgan fingerprint density at radius 2 is 2.13 bits per heavy atom. The highest BCUT2D eigenvalue weighted by Gasteiger charge is 2.30. The summed E-state index contributed by atoms with van der Waals surface area (Å²) in [6.07, 6.45) is 2.34. The van der Waals surface area contributed by atoms with Gasteiger partial charge < -0.3 is 9.63 Å². The molecule has 1 aromatic heterocycles. The Kier molecular flexibility index (Phi) is 2.54. The molecule has 1 heterocycles. The fourth-order valence-electron chi connectivity index (χ4n) is 1.33. The molecule has 0 aromatic carbocycles. The van der Waals surface area contributed by atoms with Gasteiger partial charge in [-0.1, -0.05) is 25.9 Å². The van der Waals surface area contributed by atoms with Crippen LogP contribution >= 0.6 is 0 Å². The van der Waals surface area contributed by atoms with Crippen molar-refractivity contribution in [3.05, 3.63) is 11.7 Å². The second kappa shape index (κ2) is 3.59. The van der Waals surface area contributed by atoms with Crippen molar-refractivity contribution in [2.75, 3.05) is 0 Å². The standard InChI is InChI=1S/C11H18N2O2/c1-11(2,3)8(14)6-9-12-10(13-15-9)7-4-5-7/h7-8,14H,4-6H2,1-3H3. The first-order valence-electron chi connectivity index (χ1n) is 5.47. The molecule has 1 atom stereocenters. The van der Waals surface area contributed by atoms with Gasteiger partial charge in [-0.15, -0.1) is 0 Å². The zero-order chi connectivity index (χ0) is 11.1. The predicted molar refractivity (Wildman–Crippen MR) is 55.4 cm³/mol. The molecule has 0 amide bonds. The molecule has 4 nitrogen and oxygen atoms in total. The second-order valence-corrected chi connectivity index (χ2v) is 5.41. The van der Waals surface area contributed by atoms with Gasteiger partial charge in [-0.3, -0.25) is 0 Å². The zero-order valence-electron chi connectivity index (χ0n) is 9.53. The molecule has 1 aromatic rings. The smallest absolute Gasteiger partial charge is 0.229 e. The highest BCUT2D eigenvalue weighted by atomic mass is 16.5. The lowest BCUT2D eigenvalue weighted by Gasteiger charge is -2.24. The van der Waals surface area contributed by atoms with Gasteiger partial charge in [0, 0.05) is 5.92 Å². The van der Waals surface area contributed by atoms with Gasteiger partial charge in [0.15, 0.2) is 5.82 Å². The summed E-state index contributed by atoms with van der Waals surface area (Å²) in [5.41, 5.74) is -0.145. The van der Waals surface area contributed by atoms with E-state index < -0.39 is 6.10 Å². The third-order valence-electron chi connectivity index (χ3n) is 2.79. The minimum absolute atomic E-state index is 0.145. The molecule has 0 aliphatic heterocycles. The summed E-state index contributed by atoms with van der Waals surface area (Å²) in [5, 5.41) is 13.8. The number of rotatable bonds is 3. The zero-order valence-corrected chi connectivity index (χ0v) is 9.53. The van der Waals surface area contributed by atoms with Crippen LogP contribution in [0.4, 0.5) is 0 Å². The molecule has 4 heteroatoms. The van der Waals surface area contributed by atoms with Crippen LogP contribution in [0.2, 0.25) is 0 Å². The summed E-state index contributed by atoms with van der Waals surface area (Å²) in [5.74, 6) is 1.87. The lowest BCUT2D eigenvalue weighted by Crippen LogP contribution is -2.28. The number of hydrogen-bond donors (Lipinski definition) is 1. The van der Waals surface area contributed by atoms with E-state index in [1.165, 1.54) is 12.8 Å². The Morgan fingerprint density at radius 3 is 2.67 bits per heavy atom. The van der Waals surface area contributed by atoms with Crippen molar-refractivity contribution in [1.29, 1.82) is 0 Å². The minimum Gasteiger partial charge on any atom is -0.392 e. The average Bonchev–Trinajstić information content (AvgIpc) is 2.87. The molecule has 1 N–H and O–H groups in total. The summed E-state index contributed by atoms with van der Waals surface area (Å²) in [6.45, 7) is 5.99. The topological polar surface area (TPSA) is 59.2 Å². The van der Waals surface area contributed by atoms with Crippen molar-refractivity contribution >= 4 is 0 Å². The molecule has 84 valence electrons. The van der Waals surface area contributed by atoms with Crippen LogP contribution < -0.4 is 0 Å². The highest BCUT2D eigenvalue weighted by Crippen LogP contribution is 2.38. The van der Waals surface area contributed by atoms with Crippen LogP contribution in [0.1, 0.15) is 51.2 Å². The third-order valence-corrected chi connectivity index (χ3v) is 2.79. The Labute approximate surface area is 89.7 Å². The fourth-order valence-corrected chi connectivity index (χ4v) is 1.33. The lowest BCUT2D eigenvalue weighted by atomic mass is 9.87.